The van der Waals surface area contributed by atoms with E-state index in [4.69, 9.17) is 9.47 Å². The largest absolute Gasteiger partial charge is 0.348 e. The Kier molecular flexibility index (Phi) is 6.29. The standard InChI is InChI=1S/C14H27NO2S/c1-18-12-4-2-3-9-15-13-5-7-14(8-6-13)16-10-11-17-14/h13,15H,2-12H2,1H3. The molecule has 0 radical (unpaired) electrons. The zero-order chi connectivity index (χ0) is 12.7. The first-order chi connectivity index (χ1) is 8.85. The fourth-order valence-electron chi connectivity index (χ4n) is 2.90. The fourth-order valence-corrected chi connectivity index (χ4v) is 3.39. The van der Waals surface area contributed by atoms with E-state index < -0.39 is 0 Å². The second-order valence-electron chi connectivity index (χ2n) is 5.39. The van der Waals surface area contributed by atoms with Gasteiger partial charge < -0.3 is 14.8 Å². The van der Waals surface area contributed by atoms with Crippen LogP contribution in [-0.4, -0.2) is 43.6 Å². The van der Waals surface area contributed by atoms with Gasteiger partial charge in [-0.3, -0.25) is 0 Å². The molecule has 0 aromatic heterocycles. The monoisotopic (exact) mass is 273 g/mol. The molecule has 0 atom stereocenters. The Balaban J connectivity index is 1.51. The Labute approximate surface area is 115 Å². The van der Waals surface area contributed by atoms with Crippen LogP contribution in [0.1, 0.15) is 44.9 Å². The Morgan fingerprint density at radius 2 is 1.83 bits per heavy atom. The minimum Gasteiger partial charge on any atom is -0.348 e. The van der Waals surface area contributed by atoms with Crippen molar-refractivity contribution >= 4 is 11.8 Å². The molecule has 1 saturated carbocycles. The van der Waals surface area contributed by atoms with Gasteiger partial charge in [-0.15, -0.1) is 0 Å². The smallest absolute Gasteiger partial charge is 0.168 e. The van der Waals surface area contributed by atoms with Crippen molar-refractivity contribution < 1.29 is 9.47 Å². The third-order valence-electron chi connectivity index (χ3n) is 4.02. The third kappa shape index (κ3) is 4.41. The van der Waals surface area contributed by atoms with E-state index in [0.29, 0.717) is 6.04 Å². The average Bonchev–Trinajstić information content (AvgIpc) is 2.85. The summed E-state index contributed by atoms with van der Waals surface area (Å²) >= 11 is 1.95. The van der Waals surface area contributed by atoms with Crippen molar-refractivity contribution in [2.45, 2.75) is 56.8 Å². The predicted molar refractivity (Wildman–Crippen MR) is 77.1 cm³/mol. The molecule has 0 aromatic carbocycles. The second kappa shape index (κ2) is 7.73. The first kappa shape index (κ1) is 14.6. The molecule has 1 saturated heterocycles. The highest BCUT2D eigenvalue weighted by Crippen LogP contribution is 2.35. The average molecular weight is 273 g/mol. The first-order valence-corrected chi connectivity index (χ1v) is 8.74. The van der Waals surface area contributed by atoms with Crippen LogP contribution in [0.25, 0.3) is 0 Å². The Hall–Kier alpha value is 0.230. The highest BCUT2D eigenvalue weighted by molar-refractivity contribution is 7.98. The molecule has 1 N–H and O–H groups in total. The zero-order valence-electron chi connectivity index (χ0n) is 11.6. The summed E-state index contributed by atoms with van der Waals surface area (Å²) in [4.78, 5) is 0. The Bertz CT molecular complexity index is 222. The molecule has 4 heteroatoms. The zero-order valence-corrected chi connectivity index (χ0v) is 12.4. The van der Waals surface area contributed by atoms with Crippen molar-refractivity contribution in [3.8, 4) is 0 Å². The summed E-state index contributed by atoms with van der Waals surface area (Å²) in [6.45, 7) is 2.74. The van der Waals surface area contributed by atoms with Crippen molar-refractivity contribution in [3.05, 3.63) is 0 Å². The van der Waals surface area contributed by atoms with Crippen LogP contribution in [0.5, 0.6) is 0 Å². The van der Waals surface area contributed by atoms with Crippen molar-refractivity contribution in [2.75, 3.05) is 31.8 Å². The van der Waals surface area contributed by atoms with Gasteiger partial charge >= 0.3 is 0 Å². The number of nitrogens with one attached hydrogen (secondary N) is 1. The second-order valence-corrected chi connectivity index (χ2v) is 6.38. The molecule has 0 bridgehead atoms. The molecule has 2 aliphatic rings. The molecule has 1 aliphatic heterocycles. The minimum atomic E-state index is -0.198. The van der Waals surface area contributed by atoms with Crippen molar-refractivity contribution in [2.24, 2.45) is 0 Å². The summed E-state index contributed by atoms with van der Waals surface area (Å²) in [6.07, 6.45) is 10.7. The quantitative estimate of drug-likeness (QED) is 0.723. The number of thioether (sulfide) groups is 1. The van der Waals surface area contributed by atoms with Crippen molar-refractivity contribution in [1.82, 2.24) is 5.32 Å². The molecule has 0 amide bonds. The lowest BCUT2D eigenvalue weighted by atomic mass is 9.90. The third-order valence-corrected chi connectivity index (χ3v) is 4.72. The van der Waals surface area contributed by atoms with Gasteiger partial charge in [0.05, 0.1) is 13.2 Å². The Morgan fingerprint density at radius 3 is 2.50 bits per heavy atom. The van der Waals surface area contributed by atoms with Gasteiger partial charge in [-0.2, -0.15) is 11.8 Å². The maximum Gasteiger partial charge on any atom is 0.168 e. The van der Waals surface area contributed by atoms with Gasteiger partial charge in [-0.1, -0.05) is 6.42 Å². The van der Waals surface area contributed by atoms with E-state index in [-0.39, 0.29) is 5.79 Å². The molecule has 2 rings (SSSR count). The molecular formula is C14H27NO2S. The van der Waals surface area contributed by atoms with Crippen LogP contribution in [0.4, 0.5) is 0 Å². The van der Waals surface area contributed by atoms with E-state index in [9.17, 15) is 0 Å². The van der Waals surface area contributed by atoms with Crippen LogP contribution >= 0.6 is 11.8 Å². The van der Waals surface area contributed by atoms with E-state index in [1.165, 1.54) is 44.4 Å². The highest BCUT2D eigenvalue weighted by Gasteiger charge is 2.39. The highest BCUT2D eigenvalue weighted by atomic mass is 32.2. The molecule has 1 aliphatic carbocycles. The van der Waals surface area contributed by atoms with E-state index in [1.807, 2.05) is 11.8 Å². The van der Waals surface area contributed by atoms with Crippen LogP contribution < -0.4 is 5.32 Å². The van der Waals surface area contributed by atoms with Gasteiger partial charge in [-0.25, -0.2) is 0 Å². The van der Waals surface area contributed by atoms with Gasteiger partial charge in [0.25, 0.3) is 0 Å². The molecule has 2 fully saturated rings. The summed E-state index contributed by atoms with van der Waals surface area (Å²) in [5.41, 5.74) is 0. The van der Waals surface area contributed by atoms with E-state index in [0.717, 1.165) is 26.1 Å². The summed E-state index contributed by atoms with van der Waals surface area (Å²) in [7, 11) is 0. The summed E-state index contributed by atoms with van der Waals surface area (Å²) < 4.78 is 11.5. The number of unbranched alkanes of at least 4 members (excludes halogenated alkanes) is 2. The molecule has 106 valence electrons. The maximum atomic E-state index is 5.75. The van der Waals surface area contributed by atoms with E-state index >= 15 is 0 Å². The molecule has 0 unspecified atom stereocenters. The van der Waals surface area contributed by atoms with Gasteiger partial charge in [0.1, 0.15) is 0 Å². The minimum absolute atomic E-state index is 0.198. The Morgan fingerprint density at radius 1 is 1.11 bits per heavy atom. The van der Waals surface area contributed by atoms with Crippen molar-refractivity contribution in [1.29, 1.82) is 0 Å². The number of hydrogen-bond donors (Lipinski definition) is 1. The lowest BCUT2D eigenvalue weighted by Crippen LogP contribution is -2.42. The van der Waals surface area contributed by atoms with Crippen LogP contribution in [0.3, 0.4) is 0 Å². The maximum absolute atomic E-state index is 5.75. The van der Waals surface area contributed by atoms with Crippen molar-refractivity contribution in [3.63, 3.8) is 0 Å². The number of ether oxygens (including phenoxy) is 2. The van der Waals surface area contributed by atoms with E-state index in [1.54, 1.807) is 0 Å². The van der Waals surface area contributed by atoms with Crippen LogP contribution in [-0.2, 0) is 9.47 Å². The molecule has 1 spiro atoms. The summed E-state index contributed by atoms with van der Waals surface area (Å²) in [5.74, 6) is 1.11. The van der Waals surface area contributed by atoms with Gasteiger partial charge in [0.15, 0.2) is 5.79 Å². The summed E-state index contributed by atoms with van der Waals surface area (Å²) in [6, 6.07) is 0.684. The fraction of sp³-hybridized carbons (Fsp3) is 1.00. The van der Waals surface area contributed by atoms with Crippen LogP contribution in [0, 0.1) is 0 Å². The topological polar surface area (TPSA) is 30.5 Å². The normalized spacial score (nSPS) is 23.8. The molecule has 18 heavy (non-hydrogen) atoms. The molecule has 1 heterocycles. The number of hydrogen-bond acceptors (Lipinski definition) is 4. The van der Waals surface area contributed by atoms with E-state index in [2.05, 4.69) is 11.6 Å². The first-order valence-electron chi connectivity index (χ1n) is 7.35. The summed E-state index contributed by atoms with van der Waals surface area (Å²) in [5, 5.41) is 3.69. The SMILES string of the molecule is CSCCCCCNC1CCC2(CC1)OCCO2. The number of rotatable bonds is 7. The molecule has 3 nitrogen and oxygen atoms in total. The molecular weight excluding hydrogens is 246 g/mol. The van der Waals surface area contributed by atoms with Gasteiger partial charge in [-0.05, 0) is 44.2 Å². The van der Waals surface area contributed by atoms with Crippen LogP contribution in [0.15, 0.2) is 0 Å². The molecule has 0 aromatic rings. The lowest BCUT2D eigenvalue weighted by molar-refractivity contribution is -0.179. The van der Waals surface area contributed by atoms with Gasteiger partial charge in [0, 0.05) is 18.9 Å². The van der Waals surface area contributed by atoms with Gasteiger partial charge in [0.2, 0.25) is 0 Å². The van der Waals surface area contributed by atoms with Crippen LogP contribution in [0.2, 0.25) is 0 Å². The lowest BCUT2D eigenvalue weighted by Gasteiger charge is -2.35. The predicted octanol–water partition coefficient (Wildman–Crippen LogP) is 2.80.